The third kappa shape index (κ3) is 3.40. The van der Waals surface area contributed by atoms with Gasteiger partial charge in [-0.25, -0.2) is 12.7 Å². The van der Waals surface area contributed by atoms with Crippen molar-refractivity contribution in [2.75, 3.05) is 19.4 Å². The minimum atomic E-state index is -3.48. The first-order valence-corrected chi connectivity index (χ1v) is 8.06. The van der Waals surface area contributed by atoms with E-state index in [1.807, 2.05) is 31.2 Å². The fourth-order valence-corrected chi connectivity index (χ4v) is 3.00. The normalized spacial score (nSPS) is 13.1. The third-order valence-corrected chi connectivity index (χ3v) is 5.02. The van der Waals surface area contributed by atoms with Crippen molar-refractivity contribution in [1.29, 1.82) is 0 Å². The van der Waals surface area contributed by atoms with E-state index in [0.29, 0.717) is 5.69 Å². The summed E-state index contributed by atoms with van der Waals surface area (Å²) in [7, 11) is -0.441. The van der Waals surface area contributed by atoms with Crippen LogP contribution in [0.4, 0.5) is 5.69 Å². The average molecular weight is 305 g/mol. The summed E-state index contributed by atoms with van der Waals surface area (Å²) in [5, 5.41) is 3.22. The van der Waals surface area contributed by atoms with E-state index in [1.165, 1.54) is 18.4 Å². The molecule has 112 valence electrons. The van der Waals surface area contributed by atoms with Crippen molar-refractivity contribution in [2.24, 2.45) is 0 Å². The molecule has 6 heteroatoms. The lowest BCUT2D eigenvalue weighted by atomic mass is 10.2. The SMILES string of the molecule is CC(Nc1ccccc1S(=O)(=O)N(C)C)c1ccccn1. The molecule has 0 bridgehead atoms. The molecule has 1 heterocycles. The number of benzene rings is 1. The number of para-hydroxylation sites is 1. The van der Waals surface area contributed by atoms with E-state index in [2.05, 4.69) is 10.3 Å². The van der Waals surface area contributed by atoms with Gasteiger partial charge in [0.1, 0.15) is 4.90 Å². The lowest BCUT2D eigenvalue weighted by Crippen LogP contribution is -2.23. The molecular weight excluding hydrogens is 286 g/mol. The van der Waals surface area contributed by atoms with Crippen LogP contribution < -0.4 is 5.32 Å². The largest absolute Gasteiger partial charge is 0.376 e. The number of nitrogens with zero attached hydrogens (tertiary/aromatic N) is 2. The van der Waals surface area contributed by atoms with Crippen molar-refractivity contribution in [3.63, 3.8) is 0 Å². The predicted molar refractivity (Wildman–Crippen MR) is 83.6 cm³/mol. The molecule has 2 aromatic rings. The number of nitrogens with one attached hydrogen (secondary N) is 1. The Morgan fingerprint density at radius 1 is 1.10 bits per heavy atom. The van der Waals surface area contributed by atoms with Gasteiger partial charge < -0.3 is 5.32 Å². The Balaban J connectivity index is 2.34. The Labute approximate surface area is 125 Å². The van der Waals surface area contributed by atoms with Crippen molar-refractivity contribution < 1.29 is 8.42 Å². The summed E-state index contributed by atoms with van der Waals surface area (Å²) >= 11 is 0. The molecule has 1 atom stereocenters. The van der Waals surface area contributed by atoms with Crippen LogP contribution in [0.3, 0.4) is 0 Å². The molecule has 0 aliphatic carbocycles. The van der Waals surface area contributed by atoms with Gasteiger partial charge in [0.25, 0.3) is 0 Å². The summed E-state index contributed by atoms with van der Waals surface area (Å²) in [5.41, 5.74) is 1.43. The van der Waals surface area contributed by atoms with Crippen molar-refractivity contribution in [2.45, 2.75) is 17.9 Å². The van der Waals surface area contributed by atoms with E-state index in [4.69, 9.17) is 0 Å². The highest BCUT2D eigenvalue weighted by Crippen LogP contribution is 2.26. The monoisotopic (exact) mass is 305 g/mol. The molecule has 5 nitrogen and oxygen atoms in total. The summed E-state index contributed by atoms with van der Waals surface area (Å²) in [6.45, 7) is 1.95. The minimum Gasteiger partial charge on any atom is -0.376 e. The zero-order valence-electron chi connectivity index (χ0n) is 12.3. The smallest absolute Gasteiger partial charge is 0.244 e. The Morgan fingerprint density at radius 3 is 2.38 bits per heavy atom. The topological polar surface area (TPSA) is 62.3 Å². The molecule has 1 unspecified atom stereocenters. The van der Waals surface area contributed by atoms with Gasteiger partial charge >= 0.3 is 0 Å². The minimum absolute atomic E-state index is 0.0929. The molecule has 1 aromatic heterocycles. The standard InChI is InChI=1S/C15H19N3O2S/c1-12(13-8-6-7-11-16-13)17-14-9-4-5-10-15(14)21(19,20)18(2)3/h4-12,17H,1-3H3. The predicted octanol–water partition coefficient (Wildman–Crippen LogP) is 2.51. The molecular formula is C15H19N3O2S. The highest BCUT2D eigenvalue weighted by Gasteiger charge is 2.21. The molecule has 0 amide bonds. The van der Waals surface area contributed by atoms with Gasteiger partial charge in [-0.15, -0.1) is 0 Å². The Bertz CT molecular complexity index is 700. The third-order valence-electron chi connectivity index (χ3n) is 3.15. The first-order valence-electron chi connectivity index (χ1n) is 6.62. The van der Waals surface area contributed by atoms with E-state index in [0.717, 1.165) is 5.69 Å². The summed E-state index contributed by atoms with van der Waals surface area (Å²) in [5.74, 6) is 0. The van der Waals surface area contributed by atoms with E-state index < -0.39 is 10.0 Å². The fraction of sp³-hybridized carbons (Fsp3) is 0.267. The lowest BCUT2D eigenvalue weighted by molar-refractivity contribution is 0.521. The zero-order valence-corrected chi connectivity index (χ0v) is 13.1. The highest BCUT2D eigenvalue weighted by atomic mass is 32.2. The molecule has 0 spiro atoms. The number of pyridine rings is 1. The first kappa shape index (κ1) is 15.5. The molecule has 0 aliphatic heterocycles. The molecule has 2 rings (SSSR count). The highest BCUT2D eigenvalue weighted by molar-refractivity contribution is 7.89. The van der Waals surface area contributed by atoms with Crippen molar-refractivity contribution in [3.05, 3.63) is 54.4 Å². The first-order chi connectivity index (χ1) is 9.93. The summed E-state index contributed by atoms with van der Waals surface area (Å²) in [6, 6.07) is 12.4. The maximum Gasteiger partial charge on any atom is 0.244 e. The Kier molecular flexibility index (Phi) is 4.59. The second-order valence-corrected chi connectivity index (χ2v) is 7.02. The van der Waals surface area contributed by atoms with Crippen molar-refractivity contribution >= 4 is 15.7 Å². The van der Waals surface area contributed by atoms with Gasteiger partial charge in [0.15, 0.2) is 0 Å². The molecule has 0 aliphatic rings. The molecule has 21 heavy (non-hydrogen) atoms. The molecule has 1 aromatic carbocycles. The van der Waals surface area contributed by atoms with Crippen LogP contribution in [0.25, 0.3) is 0 Å². The van der Waals surface area contributed by atoms with Gasteiger partial charge in [-0.3, -0.25) is 4.98 Å². The van der Waals surface area contributed by atoms with E-state index in [9.17, 15) is 8.42 Å². The van der Waals surface area contributed by atoms with Crippen molar-refractivity contribution in [1.82, 2.24) is 9.29 Å². The number of sulfonamides is 1. The van der Waals surface area contributed by atoms with Crippen LogP contribution in [0.1, 0.15) is 18.7 Å². The Hall–Kier alpha value is -1.92. The fourth-order valence-electron chi connectivity index (χ4n) is 1.95. The second kappa shape index (κ2) is 6.24. The Morgan fingerprint density at radius 2 is 1.76 bits per heavy atom. The van der Waals surface area contributed by atoms with E-state index in [-0.39, 0.29) is 10.9 Å². The maximum absolute atomic E-state index is 12.3. The summed E-state index contributed by atoms with van der Waals surface area (Å²) < 4.78 is 25.9. The van der Waals surface area contributed by atoms with Gasteiger partial charge in [-0.1, -0.05) is 18.2 Å². The van der Waals surface area contributed by atoms with Gasteiger partial charge in [0, 0.05) is 20.3 Å². The van der Waals surface area contributed by atoms with Crippen LogP contribution in [-0.2, 0) is 10.0 Å². The summed E-state index contributed by atoms with van der Waals surface area (Å²) in [4.78, 5) is 4.54. The molecule has 0 radical (unpaired) electrons. The summed E-state index contributed by atoms with van der Waals surface area (Å²) in [6.07, 6.45) is 1.72. The average Bonchev–Trinajstić information content (AvgIpc) is 2.48. The maximum atomic E-state index is 12.3. The van der Waals surface area contributed by atoms with E-state index >= 15 is 0 Å². The van der Waals surface area contributed by atoms with Crippen LogP contribution in [0, 0.1) is 0 Å². The van der Waals surface area contributed by atoms with Crippen LogP contribution in [0.2, 0.25) is 0 Å². The van der Waals surface area contributed by atoms with Crippen LogP contribution in [-0.4, -0.2) is 31.8 Å². The zero-order chi connectivity index (χ0) is 15.5. The number of aromatic nitrogens is 1. The molecule has 1 N–H and O–H groups in total. The van der Waals surface area contributed by atoms with Gasteiger partial charge in [0.2, 0.25) is 10.0 Å². The number of rotatable bonds is 5. The van der Waals surface area contributed by atoms with Gasteiger partial charge in [-0.2, -0.15) is 0 Å². The van der Waals surface area contributed by atoms with Crippen molar-refractivity contribution in [3.8, 4) is 0 Å². The second-order valence-electron chi connectivity index (χ2n) is 4.90. The lowest BCUT2D eigenvalue weighted by Gasteiger charge is -2.19. The molecule has 0 saturated heterocycles. The van der Waals surface area contributed by atoms with Gasteiger partial charge in [-0.05, 0) is 31.2 Å². The van der Waals surface area contributed by atoms with Crippen LogP contribution in [0.15, 0.2) is 53.6 Å². The van der Waals surface area contributed by atoms with E-state index in [1.54, 1.807) is 24.4 Å². The number of hydrogen-bond acceptors (Lipinski definition) is 4. The van der Waals surface area contributed by atoms with Crippen LogP contribution in [0.5, 0.6) is 0 Å². The number of anilines is 1. The molecule has 0 fully saturated rings. The van der Waals surface area contributed by atoms with Gasteiger partial charge in [0.05, 0.1) is 17.4 Å². The number of hydrogen-bond donors (Lipinski definition) is 1. The molecule has 0 saturated carbocycles. The van der Waals surface area contributed by atoms with Crippen LogP contribution >= 0.6 is 0 Å². The quantitative estimate of drug-likeness (QED) is 0.922.